The monoisotopic (exact) mass is 353 g/mol. The smallest absolute Gasteiger partial charge is 0.237 e. The Kier molecular flexibility index (Phi) is 6.18. The van der Waals surface area contributed by atoms with Crippen molar-refractivity contribution in [1.29, 1.82) is 0 Å². The van der Waals surface area contributed by atoms with Gasteiger partial charge in [-0.15, -0.1) is 11.8 Å². The molecule has 0 radical (unpaired) electrons. The number of nitrogens with one attached hydrogen (secondary N) is 1. The zero-order valence-electron chi connectivity index (χ0n) is 12.4. The van der Waals surface area contributed by atoms with E-state index in [-0.39, 0.29) is 11.2 Å². The van der Waals surface area contributed by atoms with Gasteiger partial charge in [0.05, 0.1) is 5.25 Å². The largest absolute Gasteiger partial charge is 0.325 e. The van der Waals surface area contributed by atoms with E-state index in [2.05, 4.69) is 5.32 Å². The van der Waals surface area contributed by atoms with E-state index in [1.807, 2.05) is 56.3 Å². The molecule has 22 heavy (non-hydrogen) atoms. The average molecular weight is 354 g/mol. The highest BCUT2D eigenvalue weighted by Gasteiger charge is 2.19. The number of halogens is 2. The molecule has 2 nitrogen and oxygen atoms in total. The van der Waals surface area contributed by atoms with E-state index >= 15 is 0 Å². The van der Waals surface area contributed by atoms with Gasteiger partial charge in [-0.1, -0.05) is 36.2 Å². The molecule has 0 fully saturated rings. The van der Waals surface area contributed by atoms with Gasteiger partial charge in [0.1, 0.15) is 0 Å². The van der Waals surface area contributed by atoms with Crippen molar-refractivity contribution in [2.75, 3.05) is 5.32 Å². The fraction of sp³-hybridized carbons (Fsp3) is 0.235. The predicted octanol–water partition coefficient (Wildman–Crippen LogP) is 5.81. The van der Waals surface area contributed by atoms with Crippen molar-refractivity contribution in [3.63, 3.8) is 0 Å². The van der Waals surface area contributed by atoms with Gasteiger partial charge in [0, 0.05) is 20.6 Å². The highest BCUT2D eigenvalue weighted by Crippen LogP contribution is 2.29. The molecule has 1 amide bonds. The summed E-state index contributed by atoms with van der Waals surface area (Å²) < 4.78 is 0. The van der Waals surface area contributed by atoms with Crippen LogP contribution in [0.15, 0.2) is 47.4 Å². The van der Waals surface area contributed by atoms with Gasteiger partial charge >= 0.3 is 0 Å². The normalized spacial score (nSPS) is 12.0. The van der Waals surface area contributed by atoms with E-state index in [9.17, 15) is 4.79 Å². The third-order valence-electron chi connectivity index (χ3n) is 3.28. The fourth-order valence-electron chi connectivity index (χ4n) is 1.96. The van der Waals surface area contributed by atoms with Crippen LogP contribution in [0.1, 0.15) is 18.9 Å². The predicted molar refractivity (Wildman–Crippen MR) is 96.2 cm³/mol. The number of carbonyl (C=O) groups excluding carboxylic acids is 1. The minimum Gasteiger partial charge on any atom is -0.325 e. The molecular weight excluding hydrogens is 337 g/mol. The van der Waals surface area contributed by atoms with Crippen LogP contribution in [0, 0.1) is 6.92 Å². The molecule has 2 rings (SSSR count). The van der Waals surface area contributed by atoms with Crippen LogP contribution in [0.2, 0.25) is 10.0 Å². The number of hydrogen-bond donors (Lipinski definition) is 1. The number of amides is 1. The first kappa shape index (κ1) is 17.2. The van der Waals surface area contributed by atoms with Gasteiger partial charge in [0.15, 0.2) is 0 Å². The summed E-state index contributed by atoms with van der Waals surface area (Å²) >= 11 is 13.5. The lowest BCUT2D eigenvalue weighted by Crippen LogP contribution is -2.24. The molecular formula is C17H17Cl2NOS. The summed E-state index contributed by atoms with van der Waals surface area (Å²) in [6, 6.07) is 13.0. The second kappa shape index (κ2) is 7.91. The van der Waals surface area contributed by atoms with Crippen molar-refractivity contribution in [2.45, 2.75) is 30.4 Å². The van der Waals surface area contributed by atoms with Gasteiger partial charge in [-0.3, -0.25) is 4.79 Å². The maximum absolute atomic E-state index is 12.5. The second-order valence-corrected chi connectivity index (χ2v) is 6.99. The van der Waals surface area contributed by atoms with Gasteiger partial charge in [-0.25, -0.2) is 0 Å². The first-order valence-corrected chi connectivity index (χ1v) is 8.63. The zero-order chi connectivity index (χ0) is 16.1. The van der Waals surface area contributed by atoms with E-state index in [1.165, 1.54) is 11.8 Å². The Morgan fingerprint density at radius 2 is 1.86 bits per heavy atom. The summed E-state index contributed by atoms with van der Waals surface area (Å²) in [6.45, 7) is 3.89. The third kappa shape index (κ3) is 4.42. The molecule has 0 saturated heterocycles. The van der Waals surface area contributed by atoms with Gasteiger partial charge in [-0.05, 0) is 55.3 Å². The first-order chi connectivity index (χ1) is 10.5. The van der Waals surface area contributed by atoms with Crippen LogP contribution in [0.25, 0.3) is 0 Å². The molecule has 0 heterocycles. The van der Waals surface area contributed by atoms with Crippen molar-refractivity contribution in [3.05, 3.63) is 58.1 Å². The molecule has 1 atom stereocenters. The van der Waals surface area contributed by atoms with E-state index in [4.69, 9.17) is 23.2 Å². The van der Waals surface area contributed by atoms with Crippen molar-refractivity contribution < 1.29 is 4.79 Å². The molecule has 2 aromatic rings. The van der Waals surface area contributed by atoms with Gasteiger partial charge in [0.25, 0.3) is 0 Å². The van der Waals surface area contributed by atoms with Crippen molar-refractivity contribution >= 4 is 46.6 Å². The molecule has 0 bridgehead atoms. The molecule has 0 aliphatic carbocycles. The molecule has 0 aromatic heterocycles. The summed E-state index contributed by atoms with van der Waals surface area (Å²) in [5.74, 6) is -0.0205. The third-order valence-corrected chi connectivity index (χ3v) is 5.32. The van der Waals surface area contributed by atoms with Crippen molar-refractivity contribution in [3.8, 4) is 0 Å². The van der Waals surface area contributed by atoms with Crippen molar-refractivity contribution in [2.24, 2.45) is 0 Å². The van der Waals surface area contributed by atoms with Crippen LogP contribution in [-0.2, 0) is 4.79 Å². The lowest BCUT2D eigenvalue weighted by atomic mass is 10.2. The van der Waals surface area contributed by atoms with Gasteiger partial charge in [0.2, 0.25) is 5.91 Å². The lowest BCUT2D eigenvalue weighted by molar-refractivity contribution is -0.115. The molecule has 0 spiro atoms. The Morgan fingerprint density at radius 1 is 1.18 bits per heavy atom. The van der Waals surface area contributed by atoms with E-state index in [1.54, 1.807) is 0 Å². The van der Waals surface area contributed by atoms with E-state index in [0.717, 1.165) is 22.6 Å². The molecule has 1 N–H and O–H groups in total. The van der Waals surface area contributed by atoms with Gasteiger partial charge in [-0.2, -0.15) is 0 Å². The minimum absolute atomic E-state index is 0.0205. The number of thioether (sulfide) groups is 1. The summed E-state index contributed by atoms with van der Waals surface area (Å²) in [5, 5.41) is 4.14. The highest BCUT2D eigenvalue weighted by molar-refractivity contribution is 8.00. The van der Waals surface area contributed by atoms with Gasteiger partial charge < -0.3 is 5.32 Å². The Morgan fingerprint density at radius 3 is 2.50 bits per heavy atom. The molecule has 0 unspecified atom stereocenters. The quantitative estimate of drug-likeness (QED) is 0.687. The van der Waals surface area contributed by atoms with E-state index < -0.39 is 0 Å². The standard InChI is InChI=1S/C17H17Cl2NOS/c1-3-16(22-13-9-7-12(18)8-10-13)17(21)20-15-6-4-5-14(19)11(15)2/h4-10,16H,3H2,1-2H3,(H,20,21)/t16-/m1/s1. The molecule has 0 saturated carbocycles. The summed E-state index contributed by atoms with van der Waals surface area (Å²) in [7, 11) is 0. The van der Waals surface area contributed by atoms with Crippen molar-refractivity contribution in [1.82, 2.24) is 0 Å². The van der Waals surface area contributed by atoms with Crippen LogP contribution in [0.3, 0.4) is 0 Å². The highest BCUT2D eigenvalue weighted by atomic mass is 35.5. The number of hydrogen-bond acceptors (Lipinski definition) is 2. The molecule has 2 aromatic carbocycles. The number of carbonyl (C=O) groups is 1. The number of anilines is 1. The average Bonchev–Trinajstić information content (AvgIpc) is 2.51. The second-order valence-electron chi connectivity index (χ2n) is 4.87. The van der Waals surface area contributed by atoms with Crippen LogP contribution in [0.5, 0.6) is 0 Å². The molecule has 0 aliphatic rings. The van der Waals surface area contributed by atoms with Crippen LogP contribution in [-0.4, -0.2) is 11.2 Å². The number of rotatable bonds is 5. The minimum atomic E-state index is -0.167. The maximum Gasteiger partial charge on any atom is 0.237 e. The van der Waals surface area contributed by atoms with Crippen LogP contribution in [0.4, 0.5) is 5.69 Å². The summed E-state index contributed by atoms with van der Waals surface area (Å²) in [5.41, 5.74) is 1.64. The van der Waals surface area contributed by atoms with Crippen LogP contribution < -0.4 is 5.32 Å². The Labute approximate surface area is 145 Å². The summed E-state index contributed by atoms with van der Waals surface area (Å²) in [4.78, 5) is 13.5. The molecule has 5 heteroatoms. The zero-order valence-corrected chi connectivity index (χ0v) is 14.7. The lowest BCUT2D eigenvalue weighted by Gasteiger charge is -2.16. The SMILES string of the molecule is CC[C@@H](Sc1ccc(Cl)cc1)C(=O)Nc1cccc(Cl)c1C. The number of benzene rings is 2. The Bertz CT molecular complexity index is 658. The van der Waals surface area contributed by atoms with E-state index in [0.29, 0.717) is 10.0 Å². The Hall–Kier alpha value is -1.16. The summed E-state index contributed by atoms with van der Waals surface area (Å²) in [6.07, 6.45) is 0.735. The molecule has 116 valence electrons. The maximum atomic E-state index is 12.5. The topological polar surface area (TPSA) is 29.1 Å². The van der Waals surface area contributed by atoms with Crippen LogP contribution >= 0.6 is 35.0 Å². The molecule has 0 aliphatic heterocycles. The first-order valence-electron chi connectivity index (χ1n) is 6.99. The fourth-order valence-corrected chi connectivity index (χ4v) is 3.21. The Balaban J connectivity index is 2.08.